The van der Waals surface area contributed by atoms with Crippen LogP contribution in [0.2, 0.25) is 0 Å². The molecule has 0 radical (unpaired) electrons. The van der Waals surface area contributed by atoms with Crippen molar-refractivity contribution >= 4 is 111 Å². The maximum Gasteiger partial charge on any atom is 0.169 e. The summed E-state index contributed by atoms with van der Waals surface area (Å²) in [4.78, 5) is 12.9. The van der Waals surface area contributed by atoms with Crippen molar-refractivity contribution in [2.45, 2.75) is 212 Å². The average Bonchev–Trinajstić information content (AvgIpc) is 4.01. The SMILES string of the molecule is CC(C)(C)S(C)(N)O.CC[C@@H]1C[C@]2(CC[C@H]1OC)Cc1ccc(Br)cc1C2=N[S@](=O)C(C)(C)C.CC[C@H]1CC2(CC[C@@H]1OC)Cc1ccc(Br)cc1C2=O.CC[C@H]1C[C@@]2(CC[C@@H]1OC)Cc1ccc(Br)cc1C2=N[S@@](=O)C(C)(C)C.S. The Morgan fingerprint density at radius 3 is 1.16 bits per heavy atom. The van der Waals surface area contributed by atoms with Gasteiger partial charge >= 0.3 is 0 Å². The lowest BCUT2D eigenvalue weighted by Crippen LogP contribution is -2.41. The number of carbonyl (C=O) groups is 1. The first-order chi connectivity index (χ1) is 37.2. The first-order valence-corrected chi connectivity index (χ1v) is 35.7. The summed E-state index contributed by atoms with van der Waals surface area (Å²) >= 11 is 10.7. The molecule has 9 rings (SSSR count). The molecule has 10 nitrogen and oxygen atoms in total. The topological polar surface area (TPSA) is 150 Å². The lowest BCUT2D eigenvalue weighted by atomic mass is 9.65. The minimum atomic E-state index is -1.84. The van der Waals surface area contributed by atoms with Gasteiger partial charge in [-0.1, -0.05) is 117 Å². The van der Waals surface area contributed by atoms with Crippen LogP contribution in [0, 0.1) is 34.0 Å². The number of ketones is 1. The van der Waals surface area contributed by atoms with Gasteiger partial charge in [-0.2, -0.15) is 22.3 Å². The number of halogens is 3. The highest BCUT2D eigenvalue weighted by atomic mass is 79.9. The van der Waals surface area contributed by atoms with E-state index < -0.39 is 32.5 Å². The summed E-state index contributed by atoms with van der Waals surface area (Å²) in [7, 11) is 1.11. The van der Waals surface area contributed by atoms with Crippen LogP contribution in [0.1, 0.15) is 198 Å². The van der Waals surface area contributed by atoms with Crippen molar-refractivity contribution in [1.82, 2.24) is 0 Å². The van der Waals surface area contributed by atoms with E-state index in [1.54, 1.807) is 13.4 Å². The maximum atomic E-state index is 12.9. The summed E-state index contributed by atoms with van der Waals surface area (Å²) < 4.78 is 64.1. The summed E-state index contributed by atoms with van der Waals surface area (Å²) in [5.74, 6) is 1.93. The Labute approximate surface area is 527 Å². The molecule has 3 saturated carbocycles. The van der Waals surface area contributed by atoms with E-state index >= 15 is 0 Å². The van der Waals surface area contributed by atoms with Gasteiger partial charge in [0.25, 0.3) is 0 Å². The van der Waals surface area contributed by atoms with Crippen LogP contribution in [0.3, 0.4) is 0 Å². The molecule has 0 aromatic heterocycles. The van der Waals surface area contributed by atoms with E-state index in [4.69, 9.17) is 28.1 Å². The van der Waals surface area contributed by atoms with Crippen molar-refractivity contribution in [2.24, 2.45) is 47.9 Å². The van der Waals surface area contributed by atoms with Gasteiger partial charge in [-0.3, -0.25) is 9.93 Å². The zero-order chi connectivity index (χ0) is 59.6. The van der Waals surface area contributed by atoms with E-state index in [0.717, 1.165) is 127 Å². The summed E-state index contributed by atoms with van der Waals surface area (Å²) in [6.07, 6.45) is 18.2. The second-order valence-electron chi connectivity index (χ2n) is 26.8. The highest BCUT2D eigenvalue weighted by Gasteiger charge is 2.52. The predicted molar refractivity (Wildman–Crippen MR) is 360 cm³/mol. The monoisotopic (exact) mass is 1390 g/mol. The summed E-state index contributed by atoms with van der Waals surface area (Å²) in [5, 5.41) is 5.45. The third kappa shape index (κ3) is 16.4. The standard InChI is InChI=1S/2C21H30BrNO2S.C17H21BrO2.C5H15NOS.H2S/c2*1-6-14-12-21(10-9-18(14)25-5)13-15-7-8-16(22)11-17(15)19(21)23-26(24)20(2,3)4;1-3-11-9-17(7-6-15(11)20-2)10-12-4-5-13(18)8-14(12)16(17)19;1-5(2,3)8(4,6)7;/h2*7-8,11,14,18H,6,9-10,12-13H2,1-5H3;4-5,8,11,15H,3,6-7,9-10H2,1-2H3;7H,6H2,1-4H3;1H2/t2*14-,18-,21-,26-;11-,15-,17?;;/m100../s1. The van der Waals surface area contributed by atoms with Crippen molar-refractivity contribution in [3.8, 4) is 0 Å². The molecule has 6 aliphatic rings. The van der Waals surface area contributed by atoms with Crippen LogP contribution in [0.15, 0.2) is 76.8 Å². The van der Waals surface area contributed by atoms with Crippen LogP contribution < -0.4 is 5.14 Å². The van der Waals surface area contributed by atoms with Crippen molar-refractivity contribution in [3.63, 3.8) is 0 Å². The Kier molecular flexibility index (Phi) is 24.8. The second-order valence-corrected chi connectivity index (χ2v) is 36.5. The first kappa shape index (κ1) is 70.7. The second kappa shape index (κ2) is 28.4. The number of fused-ring (bicyclic) bond motifs is 3. The number of rotatable bonds is 8. The molecule has 456 valence electrons. The van der Waals surface area contributed by atoms with E-state index in [2.05, 4.69) is 111 Å². The van der Waals surface area contributed by atoms with Gasteiger partial charge in [0.1, 0.15) is 22.0 Å². The third-order valence-corrected chi connectivity index (χ3v) is 25.2. The molecule has 3 spiro atoms. The Morgan fingerprint density at radius 1 is 0.580 bits per heavy atom. The highest BCUT2D eigenvalue weighted by molar-refractivity contribution is 9.11. The normalized spacial score (nSPS) is 30.6. The van der Waals surface area contributed by atoms with E-state index in [1.807, 2.05) is 88.7 Å². The predicted octanol–water partition coefficient (Wildman–Crippen LogP) is 17.0. The van der Waals surface area contributed by atoms with Crippen LogP contribution in [-0.2, 0) is 55.4 Å². The zero-order valence-corrected chi connectivity index (χ0v) is 59.7. The lowest BCUT2D eigenvalue weighted by Gasteiger charge is -2.42. The first-order valence-electron chi connectivity index (χ1n) is 29.0. The molecule has 81 heavy (non-hydrogen) atoms. The largest absolute Gasteiger partial charge is 0.381 e. The number of ether oxygens (including phenoxy) is 3. The number of hydrogen-bond acceptors (Lipinski definition) is 8. The van der Waals surface area contributed by atoms with Crippen LogP contribution in [-0.4, -0.2) is 90.3 Å². The Bertz CT molecular complexity index is 2650. The highest BCUT2D eigenvalue weighted by Crippen LogP contribution is 2.54. The van der Waals surface area contributed by atoms with Gasteiger partial charge in [0, 0.05) is 78.7 Å². The van der Waals surface area contributed by atoms with Crippen molar-refractivity contribution in [3.05, 3.63) is 101 Å². The number of carbonyl (C=O) groups excluding carboxylic acids is 1. The summed E-state index contributed by atoms with van der Waals surface area (Å²) in [6.45, 7) is 24.5. The third-order valence-electron chi connectivity index (χ3n) is 18.4. The molecule has 3 fully saturated rings. The number of nitrogens with zero attached hydrogens (tertiary/aromatic N) is 2. The zero-order valence-electron chi connectivity index (χ0n) is 51.5. The molecule has 12 atom stereocenters. The molecule has 17 heteroatoms. The van der Waals surface area contributed by atoms with Crippen LogP contribution >= 0.6 is 71.8 Å². The Balaban J connectivity index is 0.000000209. The Morgan fingerprint density at radius 2 is 0.864 bits per heavy atom. The van der Waals surface area contributed by atoms with Gasteiger partial charge in [0.15, 0.2) is 5.78 Å². The molecule has 0 aliphatic heterocycles. The molecule has 3 N–H and O–H groups in total. The molecule has 3 aromatic carbocycles. The summed E-state index contributed by atoms with van der Waals surface area (Å²) in [6, 6.07) is 19.1. The molecule has 2 unspecified atom stereocenters. The van der Waals surface area contributed by atoms with Gasteiger partial charge in [-0.25, -0.2) is 8.42 Å². The van der Waals surface area contributed by atoms with Crippen molar-refractivity contribution < 1.29 is 32.0 Å². The number of Topliss-reactive ketones (excluding diaryl/α,β-unsaturated/α-hetero) is 1. The minimum absolute atomic E-state index is 0. The number of hydrogen-bond donors (Lipinski definition) is 2. The molecule has 3 aromatic rings. The molecular weight excluding hydrogens is 1290 g/mol. The fraction of sp³-hybridized carbons (Fsp3) is 0.672. The van der Waals surface area contributed by atoms with Gasteiger partial charge in [0.2, 0.25) is 0 Å². The van der Waals surface area contributed by atoms with E-state index in [-0.39, 0.29) is 44.0 Å². The molecule has 0 heterocycles. The molecule has 0 saturated heterocycles. The molecule has 0 bridgehead atoms. The quantitative estimate of drug-likeness (QED) is 0.226. The summed E-state index contributed by atoms with van der Waals surface area (Å²) in [5.41, 5.74) is 9.18. The van der Waals surface area contributed by atoms with Crippen molar-refractivity contribution in [1.29, 1.82) is 0 Å². The van der Waals surface area contributed by atoms with E-state index in [9.17, 15) is 17.8 Å². The van der Waals surface area contributed by atoms with E-state index in [1.165, 1.54) is 27.8 Å². The van der Waals surface area contributed by atoms with Crippen LogP contribution in [0.4, 0.5) is 0 Å². The van der Waals surface area contributed by atoms with Crippen molar-refractivity contribution in [2.75, 3.05) is 27.6 Å². The molecular formula is C64H98Br3N3O7S4. The number of methoxy groups -OCH3 is 3. The van der Waals surface area contributed by atoms with E-state index in [0.29, 0.717) is 41.8 Å². The van der Waals surface area contributed by atoms with Gasteiger partial charge in [-0.05, 0) is 210 Å². The Hall–Kier alpha value is -1.09. The average molecular weight is 1390 g/mol. The van der Waals surface area contributed by atoms with Crippen LogP contribution in [0.5, 0.6) is 0 Å². The molecule has 0 amide bonds. The fourth-order valence-corrected chi connectivity index (χ4v) is 15.7. The fourth-order valence-electron chi connectivity index (χ4n) is 13.1. The number of nitrogens with two attached hydrogens (primary N) is 1. The maximum absolute atomic E-state index is 12.9. The number of benzene rings is 3. The van der Waals surface area contributed by atoms with Crippen LogP contribution in [0.25, 0.3) is 0 Å². The lowest BCUT2D eigenvalue weighted by molar-refractivity contribution is -0.0145. The van der Waals surface area contributed by atoms with Gasteiger partial charge in [0.05, 0.1) is 39.2 Å². The molecule has 6 aliphatic carbocycles. The minimum Gasteiger partial charge on any atom is -0.381 e. The van der Waals surface area contributed by atoms with Gasteiger partial charge in [-0.15, -0.1) is 0 Å². The van der Waals surface area contributed by atoms with Gasteiger partial charge < -0.3 is 18.8 Å². The smallest absolute Gasteiger partial charge is 0.169 e.